The Balaban J connectivity index is 3.61. The molecule has 2 atom stereocenters. The van der Waals surface area contributed by atoms with Crippen LogP contribution in [0.25, 0.3) is 0 Å². The van der Waals surface area contributed by atoms with Gasteiger partial charge >= 0.3 is 149 Å². The van der Waals surface area contributed by atoms with Gasteiger partial charge in [0, 0.05) is 0 Å². The first-order valence-electron chi connectivity index (χ1n) is 5.52. The van der Waals surface area contributed by atoms with Crippen molar-refractivity contribution in [3.05, 3.63) is 0 Å². The molecule has 0 radical (unpaired) electrons. The molecule has 0 nitrogen and oxygen atoms in total. The van der Waals surface area contributed by atoms with Crippen molar-refractivity contribution in [3.63, 3.8) is 0 Å². The molecule has 0 aliphatic rings. The Hall–Kier alpha value is 2.96. The van der Waals surface area contributed by atoms with Crippen LogP contribution < -0.4 is 0 Å². The minimum absolute atomic E-state index is 0.762. The fourth-order valence-corrected chi connectivity index (χ4v) is 13.1. The molecule has 0 heterocycles. The molecule has 104 valence electrons. The van der Waals surface area contributed by atoms with E-state index in [0.717, 1.165) is 77.5 Å². The van der Waals surface area contributed by atoms with Gasteiger partial charge in [0.15, 0.2) is 0 Å². The first-order chi connectivity index (χ1) is 8.28. The van der Waals surface area contributed by atoms with E-state index in [2.05, 4.69) is 50.5 Å². The molecule has 0 spiro atoms. The van der Waals surface area contributed by atoms with Crippen molar-refractivity contribution in [2.24, 2.45) is 0 Å². The summed E-state index contributed by atoms with van der Waals surface area (Å²) in [5.41, 5.74) is 0. The zero-order chi connectivity index (χ0) is 12.9. The number of rotatable bonds is 12. The molecular formula is C10H22S4Se3. The summed E-state index contributed by atoms with van der Waals surface area (Å²) in [6.07, 6.45) is 0. The molecule has 0 saturated carbocycles. The summed E-state index contributed by atoms with van der Waals surface area (Å²) in [5, 5.41) is 5.45. The van der Waals surface area contributed by atoms with Crippen molar-refractivity contribution in [2.45, 2.75) is 30.9 Å². The first kappa shape index (κ1) is 20.0. The quantitative estimate of drug-likeness (QED) is 0.227. The Labute approximate surface area is 147 Å². The summed E-state index contributed by atoms with van der Waals surface area (Å²) in [4.78, 5) is 1.77. The molecule has 0 saturated heterocycles. The van der Waals surface area contributed by atoms with Crippen molar-refractivity contribution >= 4 is 95.4 Å². The molecule has 0 rings (SSSR count). The third-order valence-electron chi connectivity index (χ3n) is 1.90. The molecule has 0 bridgehead atoms. The van der Waals surface area contributed by atoms with E-state index in [1.807, 2.05) is 0 Å². The third kappa shape index (κ3) is 12.4. The van der Waals surface area contributed by atoms with Gasteiger partial charge in [-0.1, -0.05) is 0 Å². The van der Waals surface area contributed by atoms with E-state index in [4.69, 9.17) is 0 Å². The standard InChI is InChI=1S/C10H22S4Se3/c11-1-3-16-9(5-13)7-15-8-10(6-14)17-4-2-12/h9-14H,1-8H2. The SMILES string of the molecule is SCC[Se]C(CS)C[Se]CC(CS)[Se]CCS. The topological polar surface area (TPSA) is 0 Å². The van der Waals surface area contributed by atoms with E-state index in [-0.39, 0.29) is 0 Å². The second-order valence-electron chi connectivity index (χ2n) is 3.34. The second-order valence-corrected chi connectivity index (χ2v) is 13.1. The van der Waals surface area contributed by atoms with Gasteiger partial charge in [0.25, 0.3) is 0 Å². The summed E-state index contributed by atoms with van der Waals surface area (Å²) >= 11 is 19.9. The Morgan fingerprint density at radius 2 is 1.12 bits per heavy atom. The van der Waals surface area contributed by atoms with E-state index < -0.39 is 0 Å². The van der Waals surface area contributed by atoms with E-state index in [9.17, 15) is 0 Å². The monoisotopic (exact) mass is 510 g/mol. The van der Waals surface area contributed by atoms with Crippen LogP contribution >= 0.6 is 50.5 Å². The van der Waals surface area contributed by atoms with E-state index in [1.165, 1.54) is 21.3 Å². The number of hydrogen-bond acceptors (Lipinski definition) is 4. The molecular weight excluding hydrogens is 485 g/mol. The van der Waals surface area contributed by atoms with Crippen LogP contribution in [-0.2, 0) is 0 Å². The first-order valence-corrected chi connectivity index (χ1v) is 14.9. The van der Waals surface area contributed by atoms with Crippen molar-refractivity contribution in [2.75, 3.05) is 23.0 Å². The Bertz CT molecular complexity index is 146. The van der Waals surface area contributed by atoms with Crippen LogP contribution in [0.15, 0.2) is 0 Å². The van der Waals surface area contributed by atoms with E-state index in [1.54, 1.807) is 0 Å². The zero-order valence-electron chi connectivity index (χ0n) is 9.83. The molecule has 0 amide bonds. The molecule has 0 aromatic rings. The van der Waals surface area contributed by atoms with Gasteiger partial charge < -0.3 is 0 Å². The molecule has 17 heavy (non-hydrogen) atoms. The third-order valence-corrected chi connectivity index (χ3v) is 15.7. The average Bonchev–Trinajstić information content (AvgIpc) is 2.37. The molecule has 0 aliphatic heterocycles. The van der Waals surface area contributed by atoms with Crippen molar-refractivity contribution in [1.29, 1.82) is 0 Å². The summed E-state index contributed by atoms with van der Waals surface area (Å²) < 4.78 is 0. The van der Waals surface area contributed by atoms with Crippen LogP contribution in [0.3, 0.4) is 0 Å². The van der Waals surface area contributed by atoms with Gasteiger partial charge in [-0.05, 0) is 0 Å². The van der Waals surface area contributed by atoms with Crippen LogP contribution in [-0.4, -0.2) is 67.9 Å². The summed E-state index contributed by atoms with van der Waals surface area (Å²) in [5.74, 6) is 4.23. The number of hydrogen-bond donors (Lipinski definition) is 4. The summed E-state index contributed by atoms with van der Waals surface area (Å²) in [6, 6.07) is 0. The number of thiol groups is 4. The molecule has 0 aromatic carbocycles. The van der Waals surface area contributed by atoms with Crippen LogP contribution in [0, 0.1) is 0 Å². The second kappa shape index (κ2) is 15.3. The average molecular weight is 507 g/mol. The summed E-state index contributed by atoms with van der Waals surface area (Å²) in [6.45, 7) is 0. The fraction of sp³-hybridized carbons (Fsp3) is 1.00. The maximum absolute atomic E-state index is 4.47. The van der Waals surface area contributed by atoms with Gasteiger partial charge in [-0.3, -0.25) is 0 Å². The zero-order valence-corrected chi connectivity index (χ0v) is 18.5. The molecule has 0 N–H and O–H groups in total. The molecule has 7 heteroatoms. The normalized spacial score (nSPS) is 14.8. The van der Waals surface area contributed by atoms with Crippen molar-refractivity contribution in [3.8, 4) is 0 Å². The van der Waals surface area contributed by atoms with Gasteiger partial charge in [0.2, 0.25) is 0 Å². The van der Waals surface area contributed by atoms with Crippen LogP contribution in [0.5, 0.6) is 0 Å². The molecule has 2 unspecified atom stereocenters. The van der Waals surface area contributed by atoms with Gasteiger partial charge in [-0.2, -0.15) is 0 Å². The van der Waals surface area contributed by atoms with Gasteiger partial charge in [0.05, 0.1) is 0 Å². The van der Waals surface area contributed by atoms with Gasteiger partial charge in [0.1, 0.15) is 0 Å². The molecule has 0 fully saturated rings. The Kier molecular flexibility index (Phi) is 18.0. The van der Waals surface area contributed by atoms with Crippen LogP contribution in [0.4, 0.5) is 0 Å². The molecule has 0 aromatic heterocycles. The fourth-order valence-electron chi connectivity index (χ4n) is 1.08. The van der Waals surface area contributed by atoms with Crippen LogP contribution in [0.1, 0.15) is 0 Å². The molecule has 0 aliphatic carbocycles. The van der Waals surface area contributed by atoms with Crippen molar-refractivity contribution in [1.82, 2.24) is 0 Å². The Morgan fingerprint density at radius 1 is 0.706 bits per heavy atom. The maximum atomic E-state index is 4.47. The summed E-state index contributed by atoms with van der Waals surface area (Å²) in [7, 11) is 0. The Morgan fingerprint density at radius 3 is 1.41 bits per heavy atom. The predicted octanol–water partition coefficient (Wildman–Crippen LogP) is 3.07. The van der Waals surface area contributed by atoms with E-state index >= 15 is 0 Å². The minimum atomic E-state index is 0.762. The predicted molar refractivity (Wildman–Crippen MR) is 99.4 cm³/mol. The van der Waals surface area contributed by atoms with Gasteiger partial charge in [-0.25, -0.2) is 0 Å². The van der Waals surface area contributed by atoms with Gasteiger partial charge in [-0.15, -0.1) is 0 Å². The van der Waals surface area contributed by atoms with Crippen molar-refractivity contribution < 1.29 is 0 Å². The van der Waals surface area contributed by atoms with Crippen LogP contribution in [0.2, 0.25) is 30.9 Å². The van der Waals surface area contributed by atoms with E-state index in [0.29, 0.717) is 0 Å².